The molecule has 3 heterocycles. The van der Waals surface area contributed by atoms with E-state index in [4.69, 9.17) is 10.00 Å². The van der Waals surface area contributed by atoms with Gasteiger partial charge in [0.2, 0.25) is 0 Å². The van der Waals surface area contributed by atoms with Gasteiger partial charge in [-0.1, -0.05) is 6.07 Å². The zero-order valence-corrected chi connectivity index (χ0v) is 11.8. The number of nitriles is 1. The van der Waals surface area contributed by atoms with Gasteiger partial charge in [-0.05, 0) is 24.6 Å². The summed E-state index contributed by atoms with van der Waals surface area (Å²) in [6.45, 7) is 0.727. The van der Waals surface area contributed by atoms with E-state index in [9.17, 15) is 0 Å². The van der Waals surface area contributed by atoms with Gasteiger partial charge in [0, 0.05) is 43.5 Å². The standard InChI is InChI=1S/C16H16N4O/c1-20(14-4-7-19-13(9-14)10-17)15-5-8-21-16(15)12-3-2-6-18-11-12/h2-4,6-7,9,11,15-16H,5,8H2,1H3/t15-,16+/m0/s1. The summed E-state index contributed by atoms with van der Waals surface area (Å²) >= 11 is 0. The van der Waals surface area contributed by atoms with E-state index in [2.05, 4.69) is 20.9 Å². The largest absolute Gasteiger partial charge is 0.371 e. The van der Waals surface area contributed by atoms with E-state index >= 15 is 0 Å². The molecule has 3 rings (SSSR count). The van der Waals surface area contributed by atoms with E-state index in [0.717, 1.165) is 24.3 Å². The van der Waals surface area contributed by atoms with Crippen LogP contribution >= 0.6 is 0 Å². The fourth-order valence-electron chi connectivity index (χ4n) is 2.73. The molecule has 0 aromatic carbocycles. The highest BCUT2D eigenvalue weighted by Gasteiger charge is 2.33. The highest BCUT2D eigenvalue weighted by atomic mass is 16.5. The van der Waals surface area contributed by atoms with Gasteiger partial charge in [0.25, 0.3) is 0 Å². The van der Waals surface area contributed by atoms with Crippen molar-refractivity contribution in [2.24, 2.45) is 0 Å². The lowest BCUT2D eigenvalue weighted by Gasteiger charge is -2.30. The lowest BCUT2D eigenvalue weighted by Crippen LogP contribution is -2.34. The molecule has 0 saturated carbocycles. The Morgan fingerprint density at radius 3 is 3.05 bits per heavy atom. The monoisotopic (exact) mass is 280 g/mol. The number of anilines is 1. The summed E-state index contributed by atoms with van der Waals surface area (Å²) in [6, 6.07) is 9.99. The number of hydrogen-bond acceptors (Lipinski definition) is 5. The molecule has 5 heteroatoms. The molecule has 0 bridgehead atoms. The Bertz CT molecular complexity index is 653. The van der Waals surface area contributed by atoms with Crippen LogP contribution in [0.1, 0.15) is 23.8 Å². The fourth-order valence-corrected chi connectivity index (χ4v) is 2.73. The van der Waals surface area contributed by atoms with Crippen molar-refractivity contribution in [3.8, 4) is 6.07 Å². The second kappa shape index (κ2) is 5.90. The molecule has 1 saturated heterocycles. The molecule has 0 unspecified atom stereocenters. The van der Waals surface area contributed by atoms with Crippen molar-refractivity contribution >= 4 is 5.69 Å². The third kappa shape index (κ3) is 2.71. The normalized spacial score (nSPS) is 21.0. The average Bonchev–Trinajstić information content (AvgIpc) is 3.04. The van der Waals surface area contributed by atoms with E-state index in [0.29, 0.717) is 5.69 Å². The number of aromatic nitrogens is 2. The molecule has 0 amide bonds. The molecule has 0 spiro atoms. The minimum Gasteiger partial charge on any atom is -0.371 e. The molecule has 0 radical (unpaired) electrons. The molecule has 106 valence electrons. The third-order valence-electron chi connectivity index (χ3n) is 3.84. The molecule has 1 aliphatic rings. The first-order valence-corrected chi connectivity index (χ1v) is 6.90. The number of nitrogens with zero attached hydrogens (tertiary/aromatic N) is 4. The Kier molecular flexibility index (Phi) is 3.80. The van der Waals surface area contributed by atoms with Gasteiger partial charge in [-0.2, -0.15) is 5.26 Å². The maximum absolute atomic E-state index is 8.98. The summed E-state index contributed by atoms with van der Waals surface area (Å²) in [4.78, 5) is 10.3. The van der Waals surface area contributed by atoms with E-state index in [1.807, 2.05) is 31.4 Å². The Morgan fingerprint density at radius 1 is 1.38 bits per heavy atom. The van der Waals surface area contributed by atoms with Crippen molar-refractivity contribution in [1.29, 1.82) is 5.26 Å². The summed E-state index contributed by atoms with van der Waals surface area (Å²) in [6.07, 6.45) is 6.23. The Morgan fingerprint density at radius 2 is 2.29 bits per heavy atom. The SMILES string of the molecule is CN(c1ccnc(C#N)c1)[C@H]1CCO[C@@H]1c1cccnc1. The van der Waals surface area contributed by atoms with E-state index in [1.54, 1.807) is 18.5 Å². The summed E-state index contributed by atoms with van der Waals surface area (Å²) in [7, 11) is 2.03. The Hall–Kier alpha value is -2.45. The highest BCUT2D eigenvalue weighted by Crippen LogP contribution is 2.34. The van der Waals surface area contributed by atoms with Gasteiger partial charge in [-0.25, -0.2) is 4.98 Å². The topological polar surface area (TPSA) is 62.0 Å². The van der Waals surface area contributed by atoms with Gasteiger partial charge in [0.05, 0.1) is 6.04 Å². The van der Waals surface area contributed by atoms with Crippen LogP contribution in [0.25, 0.3) is 0 Å². The molecule has 0 N–H and O–H groups in total. The quantitative estimate of drug-likeness (QED) is 0.863. The van der Waals surface area contributed by atoms with Crippen LogP contribution in [0.15, 0.2) is 42.9 Å². The van der Waals surface area contributed by atoms with E-state index in [-0.39, 0.29) is 12.1 Å². The highest BCUT2D eigenvalue weighted by molar-refractivity contribution is 5.49. The van der Waals surface area contributed by atoms with Crippen LogP contribution in [0.2, 0.25) is 0 Å². The van der Waals surface area contributed by atoms with Gasteiger partial charge in [0.1, 0.15) is 17.9 Å². The number of rotatable bonds is 3. The molecule has 21 heavy (non-hydrogen) atoms. The summed E-state index contributed by atoms with van der Waals surface area (Å²) < 4.78 is 5.89. The molecule has 1 fully saturated rings. The van der Waals surface area contributed by atoms with Crippen molar-refractivity contribution in [2.45, 2.75) is 18.6 Å². The predicted octanol–water partition coefficient (Wildman–Crippen LogP) is 2.31. The van der Waals surface area contributed by atoms with Crippen molar-refractivity contribution in [3.05, 3.63) is 54.1 Å². The minimum absolute atomic E-state index is 0.00222. The first kappa shape index (κ1) is 13.5. The minimum atomic E-state index is 0.00222. The van der Waals surface area contributed by atoms with Crippen LogP contribution in [0.4, 0.5) is 5.69 Å². The van der Waals surface area contributed by atoms with Crippen LogP contribution in [-0.2, 0) is 4.74 Å². The average molecular weight is 280 g/mol. The molecule has 1 aliphatic heterocycles. The van der Waals surface area contributed by atoms with Gasteiger partial charge in [-0.15, -0.1) is 0 Å². The zero-order valence-electron chi connectivity index (χ0n) is 11.8. The van der Waals surface area contributed by atoms with Gasteiger partial charge < -0.3 is 9.64 Å². The second-order valence-corrected chi connectivity index (χ2v) is 5.06. The summed E-state index contributed by atoms with van der Waals surface area (Å²) in [5.74, 6) is 0. The lowest BCUT2D eigenvalue weighted by molar-refractivity contribution is 0.104. The van der Waals surface area contributed by atoms with Crippen LogP contribution in [0.5, 0.6) is 0 Å². The van der Waals surface area contributed by atoms with Gasteiger partial charge in [0.15, 0.2) is 0 Å². The van der Waals surface area contributed by atoms with Crippen LogP contribution in [0, 0.1) is 11.3 Å². The molecule has 0 aliphatic carbocycles. The van der Waals surface area contributed by atoms with Crippen molar-refractivity contribution in [1.82, 2.24) is 9.97 Å². The fraction of sp³-hybridized carbons (Fsp3) is 0.312. The first-order chi connectivity index (χ1) is 10.3. The molecule has 2 aromatic heterocycles. The molecular weight excluding hydrogens is 264 g/mol. The van der Waals surface area contributed by atoms with Gasteiger partial charge in [-0.3, -0.25) is 4.98 Å². The second-order valence-electron chi connectivity index (χ2n) is 5.06. The number of pyridine rings is 2. The molecule has 2 atom stereocenters. The number of hydrogen-bond donors (Lipinski definition) is 0. The smallest absolute Gasteiger partial charge is 0.142 e. The zero-order chi connectivity index (χ0) is 14.7. The molecule has 5 nitrogen and oxygen atoms in total. The summed E-state index contributed by atoms with van der Waals surface area (Å²) in [5, 5.41) is 8.98. The van der Waals surface area contributed by atoms with E-state index in [1.165, 1.54) is 0 Å². The summed E-state index contributed by atoms with van der Waals surface area (Å²) in [5.41, 5.74) is 2.49. The Labute approximate surface area is 123 Å². The number of likely N-dealkylation sites (N-methyl/N-ethyl adjacent to an activating group) is 1. The van der Waals surface area contributed by atoms with Gasteiger partial charge >= 0.3 is 0 Å². The van der Waals surface area contributed by atoms with Crippen LogP contribution in [-0.4, -0.2) is 29.7 Å². The van der Waals surface area contributed by atoms with Crippen molar-refractivity contribution < 1.29 is 4.74 Å². The Balaban J connectivity index is 1.86. The van der Waals surface area contributed by atoms with Crippen molar-refractivity contribution in [2.75, 3.05) is 18.6 Å². The maximum Gasteiger partial charge on any atom is 0.142 e. The maximum atomic E-state index is 8.98. The molecule has 2 aromatic rings. The third-order valence-corrected chi connectivity index (χ3v) is 3.84. The van der Waals surface area contributed by atoms with Crippen LogP contribution < -0.4 is 4.90 Å². The number of ether oxygens (including phenoxy) is 1. The lowest BCUT2D eigenvalue weighted by atomic mass is 10.0. The first-order valence-electron chi connectivity index (χ1n) is 6.90. The van der Waals surface area contributed by atoms with E-state index < -0.39 is 0 Å². The molecular formula is C16H16N4O. The predicted molar refractivity (Wildman–Crippen MR) is 78.7 cm³/mol. The van der Waals surface area contributed by atoms with Crippen LogP contribution in [0.3, 0.4) is 0 Å². The van der Waals surface area contributed by atoms with Crippen molar-refractivity contribution in [3.63, 3.8) is 0 Å².